The Hall–Kier alpha value is -1.02. The third-order valence-electron chi connectivity index (χ3n) is 1.21. The standard InChI is InChI=1S/C8H10O2/c1-2-4-7(9)8-5-3-6-10-8/h2-7,9H,1H3/b4-2+. The molecule has 1 atom stereocenters. The van der Waals surface area contributed by atoms with Crippen LogP contribution in [0.4, 0.5) is 0 Å². The minimum Gasteiger partial charge on any atom is -0.466 e. The molecule has 1 aromatic rings. The molecule has 1 rings (SSSR count). The lowest BCUT2D eigenvalue weighted by atomic mass is 10.2. The van der Waals surface area contributed by atoms with Crippen molar-refractivity contribution in [1.29, 1.82) is 0 Å². The van der Waals surface area contributed by atoms with Gasteiger partial charge in [-0.3, -0.25) is 0 Å². The third kappa shape index (κ3) is 1.48. The molecule has 2 nitrogen and oxygen atoms in total. The van der Waals surface area contributed by atoms with Crippen LogP contribution in [0.1, 0.15) is 18.8 Å². The number of furan rings is 1. The van der Waals surface area contributed by atoms with Gasteiger partial charge in [0.2, 0.25) is 0 Å². The average molecular weight is 138 g/mol. The quantitative estimate of drug-likeness (QED) is 0.633. The Morgan fingerprint density at radius 1 is 1.70 bits per heavy atom. The lowest BCUT2D eigenvalue weighted by Crippen LogP contribution is -1.88. The molecule has 1 N–H and O–H groups in total. The lowest BCUT2D eigenvalue weighted by Gasteiger charge is -1.97. The van der Waals surface area contributed by atoms with E-state index in [4.69, 9.17) is 4.42 Å². The molecule has 2 heteroatoms. The molecule has 0 saturated carbocycles. The average Bonchev–Trinajstić information content (AvgIpc) is 2.38. The van der Waals surface area contributed by atoms with Gasteiger partial charge in [0.05, 0.1) is 6.26 Å². The van der Waals surface area contributed by atoms with Gasteiger partial charge in [-0.1, -0.05) is 12.2 Å². The van der Waals surface area contributed by atoms with E-state index >= 15 is 0 Å². The summed E-state index contributed by atoms with van der Waals surface area (Å²) in [5.41, 5.74) is 0. The van der Waals surface area contributed by atoms with Gasteiger partial charge in [-0.05, 0) is 19.1 Å². The first-order valence-electron chi connectivity index (χ1n) is 3.19. The maximum Gasteiger partial charge on any atom is 0.136 e. The maximum absolute atomic E-state index is 9.23. The highest BCUT2D eigenvalue weighted by atomic mass is 16.4. The summed E-state index contributed by atoms with van der Waals surface area (Å²) in [5, 5.41) is 9.23. The highest BCUT2D eigenvalue weighted by molar-refractivity contribution is 5.07. The molecule has 0 amide bonds. The van der Waals surface area contributed by atoms with Crippen LogP contribution in [0.3, 0.4) is 0 Å². The zero-order valence-electron chi connectivity index (χ0n) is 5.82. The molecule has 1 unspecified atom stereocenters. The highest BCUT2D eigenvalue weighted by Crippen LogP contribution is 2.13. The number of hydrogen-bond acceptors (Lipinski definition) is 2. The smallest absolute Gasteiger partial charge is 0.136 e. The predicted molar refractivity (Wildman–Crippen MR) is 38.5 cm³/mol. The van der Waals surface area contributed by atoms with Crippen LogP contribution in [0.15, 0.2) is 35.0 Å². The van der Waals surface area contributed by atoms with E-state index in [-0.39, 0.29) is 0 Å². The van der Waals surface area contributed by atoms with Crippen molar-refractivity contribution in [2.45, 2.75) is 13.0 Å². The predicted octanol–water partition coefficient (Wildman–Crippen LogP) is 1.89. The number of hydrogen-bond donors (Lipinski definition) is 1. The largest absolute Gasteiger partial charge is 0.466 e. The van der Waals surface area contributed by atoms with Crippen molar-refractivity contribution in [2.75, 3.05) is 0 Å². The van der Waals surface area contributed by atoms with E-state index in [0.717, 1.165) is 0 Å². The Morgan fingerprint density at radius 3 is 3.00 bits per heavy atom. The molecule has 54 valence electrons. The van der Waals surface area contributed by atoms with Gasteiger partial charge in [0.15, 0.2) is 0 Å². The van der Waals surface area contributed by atoms with Crippen LogP contribution < -0.4 is 0 Å². The van der Waals surface area contributed by atoms with Crippen LogP contribution in [0.5, 0.6) is 0 Å². The minimum absolute atomic E-state index is 0.582. The van der Waals surface area contributed by atoms with Gasteiger partial charge in [0.25, 0.3) is 0 Å². The van der Waals surface area contributed by atoms with E-state index in [9.17, 15) is 5.11 Å². The molecule has 0 aliphatic rings. The first-order chi connectivity index (χ1) is 4.84. The van der Waals surface area contributed by atoms with E-state index in [1.807, 2.05) is 6.92 Å². The Morgan fingerprint density at radius 2 is 2.50 bits per heavy atom. The van der Waals surface area contributed by atoms with Crippen molar-refractivity contribution in [1.82, 2.24) is 0 Å². The number of allylic oxidation sites excluding steroid dienone is 1. The van der Waals surface area contributed by atoms with E-state index in [0.29, 0.717) is 5.76 Å². The van der Waals surface area contributed by atoms with Gasteiger partial charge in [-0.2, -0.15) is 0 Å². The summed E-state index contributed by atoms with van der Waals surface area (Å²) in [6, 6.07) is 3.49. The van der Waals surface area contributed by atoms with Crippen molar-refractivity contribution in [3.63, 3.8) is 0 Å². The zero-order chi connectivity index (χ0) is 7.40. The normalized spacial score (nSPS) is 14.2. The first-order valence-corrected chi connectivity index (χ1v) is 3.19. The molecule has 0 saturated heterocycles. The van der Waals surface area contributed by atoms with E-state index in [1.54, 1.807) is 30.5 Å². The second-order valence-electron chi connectivity index (χ2n) is 1.99. The van der Waals surface area contributed by atoms with Crippen LogP contribution in [0.2, 0.25) is 0 Å². The Balaban J connectivity index is 2.67. The minimum atomic E-state index is -0.597. The molecule has 0 spiro atoms. The molecule has 0 fully saturated rings. The SMILES string of the molecule is C/C=C/C(O)c1ccco1. The molecule has 0 radical (unpaired) electrons. The Bertz CT molecular complexity index is 199. The summed E-state index contributed by atoms with van der Waals surface area (Å²) >= 11 is 0. The summed E-state index contributed by atoms with van der Waals surface area (Å²) in [6.07, 6.45) is 4.40. The third-order valence-corrected chi connectivity index (χ3v) is 1.21. The van der Waals surface area contributed by atoms with Gasteiger partial charge in [0.1, 0.15) is 11.9 Å². The fraction of sp³-hybridized carbons (Fsp3) is 0.250. The Kier molecular flexibility index (Phi) is 2.29. The van der Waals surface area contributed by atoms with E-state index in [2.05, 4.69) is 0 Å². The molecule has 0 aliphatic carbocycles. The van der Waals surface area contributed by atoms with Crippen molar-refractivity contribution in [3.8, 4) is 0 Å². The second-order valence-corrected chi connectivity index (χ2v) is 1.99. The summed E-state index contributed by atoms with van der Waals surface area (Å²) in [5.74, 6) is 0.582. The molecular formula is C8H10O2. The lowest BCUT2D eigenvalue weighted by molar-refractivity contribution is 0.197. The van der Waals surface area contributed by atoms with Crippen molar-refractivity contribution < 1.29 is 9.52 Å². The first kappa shape index (κ1) is 7.09. The molecule has 0 aromatic carbocycles. The zero-order valence-corrected chi connectivity index (χ0v) is 5.82. The fourth-order valence-electron chi connectivity index (χ4n) is 0.737. The van der Waals surface area contributed by atoms with Gasteiger partial charge < -0.3 is 9.52 Å². The molecular weight excluding hydrogens is 128 g/mol. The summed E-state index contributed by atoms with van der Waals surface area (Å²) < 4.78 is 4.95. The van der Waals surface area contributed by atoms with Gasteiger partial charge in [-0.15, -0.1) is 0 Å². The summed E-state index contributed by atoms with van der Waals surface area (Å²) in [4.78, 5) is 0. The van der Waals surface area contributed by atoms with Crippen molar-refractivity contribution in [2.24, 2.45) is 0 Å². The number of aliphatic hydroxyl groups is 1. The number of rotatable bonds is 2. The van der Waals surface area contributed by atoms with Crippen LogP contribution in [0, 0.1) is 0 Å². The fourth-order valence-corrected chi connectivity index (χ4v) is 0.737. The van der Waals surface area contributed by atoms with Crippen molar-refractivity contribution in [3.05, 3.63) is 36.3 Å². The van der Waals surface area contributed by atoms with Crippen LogP contribution in [0.25, 0.3) is 0 Å². The Labute approximate surface area is 59.8 Å². The monoisotopic (exact) mass is 138 g/mol. The van der Waals surface area contributed by atoms with Gasteiger partial charge >= 0.3 is 0 Å². The van der Waals surface area contributed by atoms with Crippen LogP contribution in [-0.4, -0.2) is 5.11 Å². The maximum atomic E-state index is 9.23. The van der Waals surface area contributed by atoms with Crippen molar-refractivity contribution >= 4 is 0 Å². The van der Waals surface area contributed by atoms with Gasteiger partial charge in [-0.25, -0.2) is 0 Å². The molecule has 10 heavy (non-hydrogen) atoms. The van der Waals surface area contributed by atoms with E-state index in [1.165, 1.54) is 0 Å². The molecule has 1 aromatic heterocycles. The van der Waals surface area contributed by atoms with E-state index < -0.39 is 6.10 Å². The van der Waals surface area contributed by atoms with Crippen LogP contribution in [-0.2, 0) is 0 Å². The summed E-state index contributed by atoms with van der Waals surface area (Å²) in [7, 11) is 0. The molecule has 0 aliphatic heterocycles. The summed E-state index contributed by atoms with van der Waals surface area (Å²) in [6.45, 7) is 1.85. The second kappa shape index (κ2) is 3.22. The number of aliphatic hydroxyl groups excluding tert-OH is 1. The van der Waals surface area contributed by atoms with Gasteiger partial charge in [0, 0.05) is 0 Å². The molecule has 1 heterocycles. The topological polar surface area (TPSA) is 33.4 Å². The molecule has 0 bridgehead atoms. The highest BCUT2D eigenvalue weighted by Gasteiger charge is 2.03. The van der Waals surface area contributed by atoms with Crippen LogP contribution >= 0.6 is 0 Å².